The fraction of sp³-hybridized carbons (Fsp3) is 0.444. The molecule has 0 bridgehead atoms. The highest BCUT2D eigenvalue weighted by Crippen LogP contribution is 2.16. The molecule has 2 heterocycles. The summed E-state index contributed by atoms with van der Waals surface area (Å²) in [5.41, 5.74) is 3.36. The van der Waals surface area contributed by atoms with E-state index in [1.807, 2.05) is 17.9 Å². The van der Waals surface area contributed by atoms with E-state index in [-0.39, 0.29) is 5.91 Å². The Labute approximate surface area is 151 Å². The van der Waals surface area contributed by atoms with E-state index >= 15 is 0 Å². The van der Waals surface area contributed by atoms with Crippen LogP contribution in [0.25, 0.3) is 0 Å². The van der Waals surface area contributed by atoms with E-state index in [2.05, 4.69) is 57.1 Å². The zero-order chi connectivity index (χ0) is 17.1. The number of aromatic nitrogens is 2. The van der Waals surface area contributed by atoms with Gasteiger partial charge in [0, 0.05) is 45.3 Å². The molecule has 1 aromatic heterocycles. The normalized spacial score (nSPS) is 15.7. The summed E-state index contributed by atoms with van der Waals surface area (Å²) in [4.78, 5) is 17.1. The van der Waals surface area contributed by atoms with Crippen LogP contribution in [0.2, 0.25) is 0 Å². The molecule has 0 unspecified atom stereocenters. The summed E-state index contributed by atoms with van der Waals surface area (Å²) in [6.07, 6.45) is 0. The number of aryl methyl sites for hydroxylation is 2. The van der Waals surface area contributed by atoms with Gasteiger partial charge in [0.05, 0.1) is 0 Å². The summed E-state index contributed by atoms with van der Waals surface area (Å²) in [6, 6.07) is 10.3. The van der Waals surface area contributed by atoms with Crippen LogP contribution in [0.1, 0.15) is 28.5 Å². The SMILES string of the molecule is CCn1nc(Br)cc1C(=O)N1CCN(Cc2ccccc2C)CC1. The van der Waals surface area contributed by atoms with Crippen LogP contribution in [-0.4, -0.2) is 51.7 Å². The monoisotopic (exact) mass is 390 g/mol. The number of carbonyl (C=O) groups excluding carboxylic acids is 1. The third-order valence-electron chi connectivity index (χ3n) is 4.58. The minimum atomic E-state index is 0.0746. The smallest absolute Gasteiger partial charge is 0.272 e. The van der Waals surface area contributed by atoms with Gasteiger partial charge in [-0.3, -0.25) is 14.4 Å². The third-order valence-corrected chi connectivity index (χ3v) is 4.97. The van der Waals surface area contributed by atoms with E-state index in [1.54, 1.807) is 4.68 Å². The minimum absolute atomic E-state index is 0.0746. The predicted molar refractivity (Wildman–Crippen MR) is 98.0 cm³/mol. The molecule has 1 amide bonds. The number of amides is 1. The molecule has 2 aromatic rings. The van der Waals surface area contributed by atoms with Crippen molar-refractivity contribution in [1.29, 1.82) is 0 Å². The summed E-state index contributed by atoms with van der Waals surface area (Å²) in [5, 5.41) is 4.30. The van der Waals surface area contributed by atoms with Crippen LogP contribution in [0, 0.1) is 6.92 Å². The largest absolute Gasteiger partial charge is 0.335 e. The Balaban J connectivity index is 1.60. The van der Waals surface area contributed by atoms with Crippen molar-refractivity contribution in [3.63, 3.8) is 0 Å². The number of piperazine rings is 1. The Kier molecular flexibility index (Phi) is 5.36. The lowest BCUT2D eigenvalue weighted by molar-refractivity contribution is 0.0616. The van der Waals surface area contributed by atoms with Crippen molar-refractivity contribution in [2.75, 3.05) is 26.2 Å². The molecule has 0 atom stereocenters. The van der Waals surface area contributed by atoms with Crippen LogP contribution in [0.4, 0.5) is 0 Å². The number of rotatable bonds is 4. The Hall–Kier alpha value is -1.66. The van der Waals surface area contributed by atoms with E-state index in [0.29, 0.717) is 16.8 Å². The van der Waals surface area contributed by atoms with Gasteiger partial charge in [0.25, 0.3) is 5.91 Å². The summed E-state index contributed by atoms with van der Waals surface area (Å²) in [7, 11) is 0. The first kappa shape index (κ1) is 17.2. The van der Waals surface area contributed by atoms with Gasteiger partial charge in [-0.15, -0.1) is 0 Å². The van der Waals surface area contributed by atoms with E-state index < -0.39 is 0 Å². The molecule has 1 saturated heterocycles. The summed E-state index contributed by atoms with van der Waals surface area (Å²) >= 11 is 3.36. The first-order valence-electron chi connectivity index (χ1n) is 8.38. The fourth-order valence-corrected chi connectivity index (χ4v) is 3.51. The number of hydrogen-bond acceptors (Lipinski definition) is 3. The van der Waals surface area contributed by atoms with Crippen LogP contribution in [-0.2, 0) is 13.1 Å². The molecule has 3 rings (SSSR count). The molecule has 1 aromatic carbocycles. The van der Waals surface area contributed by atoms with Crippen molar-refractivity contribution < 1.29 is 4.79 Å². The highest BCUT2D eigenvalue weighted by molar-refractivity contribution is 9.10. The molecule has 128 valence electrons. The first-order valence-corrected chi connectivity index (χ1v) is 9.17. The van der Waals surface area contributed by atoms with Crippen LogP contribution in [0.5, 0.6) is 0 Å². The second kappa shape index (κ2) is 7.49. The molecule has 24 heavy (non-hydrogen) atoms. The van der Waals surface area contributed by atoms with Gasteiger partial charge >= 0.3 is 0 Å². The van der Waals surface area contributed by atoms with Crippen molar-refractivity contribution >= 4 is 21.8 Å². The molecular formula is C18H23BrN4O. The maximum absolute atomic E-state index is 12.7. The lowest BCUT2D eigenvalue weighted by atomic mass is 10.1. The standard InChI is InChI=1S/C18H23BrN4O/c1-3-23-16(12-17(19)20-23)18(24)22-10-8-21(9-11-22)13-15-7-5-4-6-14(15)2/h4-7,12H,3,8-11,13H2,1-2H3. The van der Waals surface area contributed by atoms with E-state index in [1.165, 1.54) is 11.1 Å². The van der Waals surface area contributed by atoms with Gasteiger partial charge in [-0.2, -0.15) is 5.10 Å². The van der Waals surface area contributed by atoms with Crippen molar-refractivity contribution in [3.05, 3.63) is 51.8 Å². The minimum Gasteiger partial charge on any atom is -0.335 e. The number of hydrogen-bond donors (Lipinski definition) is 0. The van der Waals surface area contributed by atoms with E-state index in [0.717, 1.165) is 32.7 Å². The molecule has 0 radical (unpaired) electrons. The molecule has 0 saturated carbocycles. The number of carbonyl (C=O) groups is 1. The van der Waals surface area contributed by atoms with Gasteiger partial charge in [0.15, 0.2) is 0 Å². The summed E-state index contributed by atoms with van der Waals surface area (Å²) < 4.78 is 2.47. The zero-order valence-electron chi connectivity index (χ0n) is 14.2. The maximum Gasteiger partial charge on any atom is 0.272 e. The van der Waals surface area contributed by atoms with Gasteiger partial charge in [-0.25, -0.2) is 0 Å². The number of halogens is 1. The Morgan fingerprint density at radius 1 is 1.21 bits per heavy atom. The quantitative estimate of drug-likeness (QED) is 0.805. The van der Waals surface area contributed by atoms with Crippen molar-refractivity contribution in [2.45, 2.75) is 26.9 Å². The molecule has 6 heteroatoms. The van der Waals surface area contributed by atoms with Crippen molar-refractivity contribution in [3.8, 4) is 0 Å². The van der Waals surface area contributed by atoms with Gasteiger partial charge in [0.2, 0.25) is 0 Å². The maximum atomic E-state index is 12.7. The lowest BCUT2D eigenvalue weighted by Gasteiger charge is -2.35. The highest BCUT2D eigenvalue weighted by Gasteiger charge is 2.25. The van der Waals surface area contributed by atoms with Crippen LogP contribution < -0.4 is 0 Å². The average molecular weight is 391 g/mol. The molecule has 1 fully saturated rings. The molecule has 1 aliphatic rings. The Morgan fingerprint density at radius 3 is 2.58 bits per heavy atom. The highest BCUT2D eigenvalue weighted by atomic mass is 79.9. The first-order chi connectivity index (χ1) is 11.6. The number of benzene rings is 1. The Morgan fingerprint density at radius 2 is 1.92 bits per heavy atom. The molecule has 0 spiro atoms. The van der Waals surface area contributed by atoms with Gasteiger partial charge < -0.3 is 4.90 Å². The molecular weight excluding hydrogens is 368 g/mol. The van der Waals surface area contributed by atoms with Gasteiger partial charge in [-0.1, -0.05) is 24.3 Å². The average Bonchev–Trinajstić information content (AvgIpc) is 2.98. The molecule has 0 aliphatic carbocycles. The van der Waals surface area contributed by atoms with Crippen LogP contribution >= 0.6 is 15.9 Å². The second-order valence-electron chi connectivity index (χ2n) is 6.16. The predicted octanol–water partition coefficient (Wildman–Crippen LogP) is 2.93. The fourth-order valence-electron chi connectivity index (χ4n) is 3.10. The third kappa shape index (κ3) is 3.70. The molecule has 5 nitrogen and oxygen atoms in total. The lowest BCUT2D eigenvalue weighted by Crippen LogP contribution is -2.48. The van der Waals surface area contributed by atoms with Gasteiger partial charge in [-0.05, 0) is 40.9 Å². The second-order valence-corrected chi connectivity index (χ2v) is 6.98. The zero-order valence-corrected chi connectivity index (χ0v) is 15.8. The van der Waals surface area contributed by atoms with Crippen molar-refractivity contribution in [2.24, 2.45) is 0 Å². The van der Waals surface area contributed by atoms with Gasteiger partial charge in [0.1, 0.15) is 10.3 Å². The van der Waals surface area contributed by atoms with E-state index in [9.17, 15) is 4.79 Å². The van der Waals surface area contributed by atoms with E-state index in [4.69, 9.17) is 0 Å². The van der Waals surface area contributed by atoms with Crippen LogP contribution in [0.15, 0.2) is 34.9 Å². The summed E-state index contributed by atoms with van der Waals surface area (Å²) in [6.45, 7) is 9.12. The molecule has 0 N–H and O–H groups in total. The topological polar surface area (TPSA) is 41.4 Å². The Bertz CT molecular complexity index is 720. The summed E-state index contributed by atoms with van der Waals surface area (Å²) in [5.74, 6) is 0.0746. The van der Waals surface area contributed by atoms with Crippen molar-refractivity contribution in [1.82, 2.24) is 19.6 Å². The number of nitrogens with zero attached hydrogens (tertiary/aromatic N) is 4. The molecule has 1 aliphatic heterocycles. The van der Waals surface area contributed by atoms with Crippen LogP contribution in [0.3, 0.4) is 0 Å².